The molecule has 0 fully saturated rings. The van der Waals surface area contributed by atoms with Gasteiger partial charge in [-0.2, -0.15) is 24.7 Å². The second-order valence-electron chi connectivity index (χ2n) is 4.32. The second-order valence-corrected chi connectivity index (χ2v) is 4.32. The molecule has 0 saturated heterocycles. The maximum Gasteiger partial charge on any atom is 0.258 e. The summed E-state index contributed by atoms with van der Waals surface area (Å²) in [5, 5.41) is 19.1. The van der Waals surface area contributed by atoms with Gasteiger partial charge in [0.15, 0.2) is 0 Å². The number of aromatic nitrogens is 6. The van der Waals surface area contributed by atoms with E-state index in [2.05, 4.69) is 35.7 Å². The van der Waals surface area contributed by atoms with E-state index >= 15 is 0 Å². The summed E-state index contributed by atoms with van der Waals surface area (Å²) in [6, 6.07) is 0. The summed E-state index contributed by atoms with van der Waals surface area (Å²) in [5.41, 5.74) is 0. The van der Waals surface area contributed by atoms with Gasteiger partial charge in [0, 0.05) is 19.7 Å². The lowest BCUT2D eigenvalue weighted by atomic mass is 10.2. The van der Waals surface area contributed by atoms with E-state index in [4.69, 9.17) is 5.11 Å². The van der Waals surface area contributed by atoms with Gasteiger partial charge in [0.2, 0.25) is 11.9 Å². The zero-order valence-electron chi connectivity index (χ0n) is 11.5. The summed E-state index contributed by atoms with van der Waals surface area (Å²) in [6.07, 6.45) is 2.93. The van der Waals surface area contributed by atoms with Gasteiger partial charge < -0.3 is 15.7 Å². The average Bonchev–Trinajstić information content (AvgIpc) is 2.99. The fourth-order valence-corrected chi connectivity index (χ4v) is 1.43. The molecular formula is C11H18N8O. The van der Waals surface area contributed by atoms with Crippen LogP contribution in [-0.4, -0.2) is 54.5 Å². The number of hydrogen-bond donors (Lipinski definition) is 3. The Hall–Kier alpha value is -2.29. The summed E-state index contributed by atoms with van der Waals surface area (Å²) in [4.78, 5) is 16.6. The van der Waals surface area contributed by atoms with Crippen LogP contribution in [0.4, 0.5) is 11.9 Å². The molecule has 0 aliphatic rings. The van der Waals surface area contributed by atoms with Crippen molar-refractivity contribution < 1.29 is 5.11 Å². The van der Waals surface area contributed by atoms with E-state index in [1.165, 1.54) is 17.3 Å². The van der Waals surface area contributed by atoms with Crippen LogP contribution in [0.1, 0.15) is 13.8 Å². The average molecular weight is 278 g/mol. The van der Waals surface area contributed by atoms with E-state index < -0.39 is 0 Å². The van der Waals surface area contributed by atoms with E-state index in [0.29, 0.717) is 30.9 Å². The molecule has 9 nitrogen and oxygen atoms in total. The first-order chi connectivity index (χ1) is 9.72. The number of nitrogens with one attached hydrogen (secondary N) is 2. The number of rotatable bonds is 7. The zero-order chi connectivity index (χ0) is 14.4. The van der Waals surface area contributed by atoms with Crippen LogP contribution < -0.4 is 10.6 Å². The highest BCUT2D eigenvalue weighted by Crippen LogP contribution is 2.08. The molecule has 0 radical (unpaired) electrons. The lowest BCUT2D eigenvalue weighted by Crippen LogP contribution is -2.18. The summed E-state index contributed by atoms with van der Waals surface area (Å²) < 4.78 is 1.46. The van der Waals surface area contributed by atoms with E-state index in [0.717, 1.165) is 0 Å². The predicted octanol–water partition coefficient (Wildman–Crippen LogP) is -0.0756. The van der Waals surface area contributed by atoms with Crippen LogP contribution in [0.5, 0.6) is 0 Å². The molecule has 1 atom stereocenters. The van der Waals surface area contributed by atoms with Crippen molar-refractivity contribution in [2.75, 3.05) is 30.3 Å². The highest BCUT2D eigenvalue weighted by Gasteiger charge is 2.09. The molecule has 2 aromatic rings. The smallest absolute Gasteiger partial charge is 0.258 e. The van der Waals surface area contributed by atoms with Gasteiger partial charge in [-0.15, -0.1) is 0 Å². The molecule has 2 rings (SSSR count). The quantitative estimate of drug-likeness (QED) is 0.644. The van der Waals surface area contributed by atoms with Gasteiger partial charge in [-0.25, -0.2) is 4.98 Å². The van der Waals surface area contributed by atoms with Gasteiger partial charge in [0.25, 0.3) is 5.95 Å². The monoisotopic (exact) mass is 278 g/mol. The third kappa shape index (κ3) is 3.60. The Labute approximate surface area is 116 Å². The summed E-state index contributed by atoms with van der Waals surface area (Å²) in [7, 11) is 0. The van der Waals surface area contributed by atoms with Gasteiger partial charge in [0.1, 0.15) is 12.7 Å². The Morgan fingerprint density at radius 1 is 1.25 bits per heavy atom. The number of nitrogens with zero attached hydrogens (tertiary/aromatic N) is 6. The molecule has 0 aliphatic heterocycles. The fourth-order valence-electron chi connectivity index (χ4n) is 1.43. The normalized spacial score (nSPS) is 12.2. The van der Waals surface area contributed by atoms with Crippen molar-refractivity contribution in [2.24, 2.45) is 5.92 Å². The molecule has 0 spiro atoms. The van der Waals surface area contributed by atoms with Crippen molar-refractivity contribution in [3.05, 3.63) is 12.7 Å². The van der Waals surface area contributed by atoms with Crippen LogP contribution in [0.15, 0.2) is 12.7 Å². The molecule has 20 heavy (non-hydrogen) atoms. The maximum absolute atomic E-state index is 9.03. The van der Waals surface area contributed by atoms with Gasteiger partial charge in [-0.3, -0.25) is 0 Å². The molecule has 0 saturated carbocycles. The molecule has 3 N–H and O–H groups in total. The van der Waals surface area contributed by atoms with Crippen molar-refractivity contribution in [3.63, 3.8) is 0 Å². The minimum Gasteiger partial charge on any atom is -0.396 e. The van der Waals surface area contributed by atoms with Crippen LogP contribution in [0.2, 0.25) is 0 Å². The Kier molecular flexibility index (Phi) is 4.77. The Bertz CT molecular complexity index is 529. The third-order valence-corrected chi connectivity index (χ3v) is 2.50. The number of aliphatic hydroxyl groups excluding tert-OH is 1. The largest absolute Gasteiger partial charge is 0.396 e. The summed E-state index contributed by atoms with van der Waals surface area (Å²) >= 11 is 0. The molecule has 0 amide bonds. The lowest BCUT2D eigenvalue weighted by molar-refractivity contribution is 0.244. The zero-order valence-corrected chi connectivity index (χ0v) is 11.5. The van der Waals surface area contributed by atoms with Crippen molar-refractivity contribution in [1.82, 2.24) is 29.7 Å². The van der Waals surface area contributed by atoms with Crippen LogP contribution in [0.3, 0.4) is 0 Å². The van der Waals surface area contributed by atoms with Crippen molar-refractivity contribution in [1.29, 1.82) is 0 Å². The highest BCUT2D eigenvalue weighted by atomic mass is 16.3. The number of anilines is 2. The van der Waals surface area contributed by atoms with Crippen LogP contribution in [-0.2, 0) is 0 Å². The second kappa shape index (κ2) is 6.75. The van der Waals surface area contributed by atoms with Crippen molar-refractivity contribution in [2.45, 2.75) is 13.8 Å². The predicted molar refractivity (Wildman–Crippen MR) is 73.6 cm³/mol. The van der Waals surface area contributed by atoms with Crippen molar-refractivity contribution in [3.8, 4) is 5.95 Å². The van der Waals surface area contributed by atoms with E-state index in [-0.39, 0.29) is 12.5 Å². The van der Waals surface area contributed by atoms with E-state index in [9.17, 15) is 0 Å². The molecule has 0 aromatic carbocycles. The molecule has 108 valence electrons. The Balaban J connectivity index is 2.22. The van der Waals surface area contributed by atoms with Crippen molar-refractivity contribution >= 4 is 11.9 Å². The third-order valence-electron chi connectivity index (χ3n) is 2.50. The number of aliphatic hydroxyl groups is 1. The van der Waals surface area contributed by atoms with Crippen LogP contribution in [0, 0.1) is 5.92 Å². The van der Waals surface area contributed by atoms with Gasteiger partial charge in [-0.1, -0.05) is 6.92 Å². The first-order valence-corrected chi connectivity index (χ1v) is 6.42. The Morgan fingerprint density at radius 3 is 2.60 bits per heavy atom. The van der Waals surface area contributed by atoms with Gasteiger partial charge in [-0.05, 0) is 12.8 Å². The SMILES string of the molecule is CCNc1nc(NCC(C)CO)nc(-n2cncn2)n1. The minimum atomic E-state index is 0.105. The van der Waals surface area contributed by atoms with Gasteiger partial charge >= 0.3 is 0 Å². The van der Waals surface area contributed by atoms with Gasteiger partial charge in [0.05, 0.1) is 0 Å². The molecule has 0 aliphatic carbocycles. The van der Waals surface area contributed by atoms with Crippen LogP contribution in [0.25, 0.3) is 5.95 Å². The minimum absolute atomic E-state index is 0.105. The fraction of sp³-hybridized carbons (Fsp3) is 0.545. The molecule has 2 heterocycles. The molecule has 9 heteroatoms. The van der Waals surface area contributed by atoms with Crippen LogP contribution >= 0.6 is 0 Å². The first kappa shape index (κ1) is 14.1. The summed E-state index contributed by atoms with van der Waals surface area (Å²) in [6.45, 7) is 5.27. The lowest BCUT2D eigenvalue weighted by Gasteiger charge is -2.11. The maximum atomic E-state index is 9.03. The van der Waals surface area contributed by atoms with E-state index in [1.807, 2.05) is 13.8 Å². The molecule has 0 bridgehead atoms. The molecule has 2 aromatic heterocycles. The molecule has 1 unspecified atom stereocenters. The highest BCUT2D eigenvalue weighted by molar-refractivity contribution is 5.37. The topological polar surface area (TPSA) is 114 Å². The van der Waals surface area contributed by atoms with E-state index in [1.54, 1.807) is 0 Å². The Morgan fingerprint density at radius 2 is 2.00 bits per heavy atom. The summed E-state index contributed by atoms with van der Waals surface area (Å²) in [5.74, 6) is 1.39. The molecular weight excluding hydrogens is 260 g/mol. The number of hydrogen-bond acceptors (Lipinski definition) is 8. The standard InChI is InChI=1S/C11H18N8O/c1-3-13-9-16-10(14-4-8(2)5-20)18-11(17-9)19-7-12-6-15-19/h6-8,20H,3-5H2,1-2H3,(H2,13,14,16,17,18). The first-order valence-electron chi connectivity index (χ1n) is 6.42.